The van der Waals surface area contributed by atoms with Crippen molar-refractivity contribution in [2.45, 2.75) is 20.3 Å². The molecule has 0 aromatic carbocycles. The van der Waals surface area contributed by atoms with E-state index in [2.05, 4.69) is 45.8 Å². The third-order valence-corrected chi connectivity index (χ3v) is 3.84. The van der Waals surface area contributed by atoms with E-state index in [1.54, 1.807) is 6.33 Å². The summed E-state index contributed by atoms with van der Waals surface area (Å²) in [4.78, 5) is 14.2. The van der Waals surface area contributed by atoms with Crippen molar-refractivity contribution in [1.82, 2.24) is 15.0 Å². The molecule has 1 unspecified atom stereocenters. The number of fused-ring (bicyclic) bond motifs is 1. The maximum Gasteiger partial charge on any atom is 0.142 e. The Balaban J connectivity index is 1.98. The van der Waals surface area contributed by atoms with E-state index in [9.17, 15) is 0 Å². The fraction of sp³-hybridized carbons (Fsp3) is 0.429. The Morgan fingerprint density at radius 1 is 1.44 bits per heavy atom. The van der Waals surface area contributed by atoms with Crippen LogP contribution in [0.25, 0.3) is 11.0 Å². The first kappa shape index (κ1) is 11.3. The van der Waals surface area contributed by atoms with Crippen LogP contribution in [0.15, 0.2) is 30.2 Å². The van der Waals surface area contributed by atoms with Crippen molar-refractivity contribution in [2.24, 2.45) is 5.92 Å². The molecule has 0 amide bonds. The van der Waals surface area contributed by atoms with Crippen LogP contribution in [0.2, 0.25) is 0 Å². The fourth-order valence-corrected chi connectivity index (χ4v) is 2.66. The Hall–Kier alpha value is -1.84. The average Bonchev–Trinajstić information content (AvgIpc) is 2.87. The molecular formula is C14H18N4. The van der Waals surface area contributed by atoms with Gasteiger partial charge in [-0.25, -0.2) is 9.97 Å². The van der Waals surface area contributed by atoms with E-state index in [1.165, 1.54) is 12.0 Å². The molecule has 1 atom stereocenters. The minimum atomic E-state index is 0.690. The molecule has 18 heavy (non-hydrogen) atoms. The number of allylic oxidation sites excluding steroid dienone is 1. The summed E-state index contributed by atoms with van der Waals surface area (Å²) in [6, 6.07) is 2.05. The number of hydrogen-bond donors (Lipinski definition) is 1. The van der Waals surface area contributed by atoms with Crippen LogP contribution in [0, 0.1) is 5.92 Å². The van der Waals surface area contributed by atoms with Gasteiger partial charge in [0.15, 0.2) is 0 Å². The number of H-pyrrole nitrogens is 1. The second kappa shape index (κ2) is 4.44. The van der Waals surface area contributed by atoms with Crippen LogP contribution in [0.1, 0.15) is 20.3 Å². The van der Waals surface area contributed by atoms with E-state index in [1.807, 2.05) is 6.20 Å². The summed E-state index contributed by atoms with van der Waals surface area (Å²) < 4.78 is 0. The molecule has 2 aromatic rings. The summed E-state index contributed by atoms with van der Waals surface area (Å²) in [7, 11) is 0. The van der Waals surface area contributed by atoms with Gasteiger partial charge < -0.3 is 9.88 Å². The van der Waals surface area contributed by atoms with E-state index in [4.69, 9.17) is 0 Å². The van der Waals surface area contributed by atoms with Crippen molar-refractivity contribution < 1.29 is 0 Å². The lowest BCUT2D eigenvalue weighted by Crippen LogP contribution is -2.35. The highest BCUT2D eigenvalue weighted by Gasteiger charge is 2.22. The number of anilines is 1. The summed E-state index contributed by atoms with van der Waals surface area (Å²) in [5.74, 6) is 1.74. The smallest absolute Gasteiger partial charge is 0.142 e. The minimum absolute atomic E-state index is 0.690. The standard InChI is InChI=1S/C14H18N4/c1-3-11-8-18(7-5-10(11)2)14-12-4-6-15-13(12)16-9-17-14/h3-4,6,9-10H,5,7-8H2,1-2H3,(H,15,16,17)/b11-3-. The van der Waals surface area contributed by atoms with Gasteiger partial charge in [0.2, 0.25) is 0 Å². The summed E-state index contributed by atoms with van der Waals surface area (Å²) >= 11 is 0. The van der Waals surface area contributed by atoms with Gasteiger partial charge in [0.05, 0.1) is 5.39 Å². The zero-order valence-corrected chi connectivity index (χ0v) is 10.8. The number of aromatic nitrogens is 3. The van der Waals surface area contributed by atoms with Gasteiger partial charge in [-0.05, 0) is 25.3 Å². The number of rotatable bonds is 1. The van der Waals surface area contributed by atoms with E-state index in [0.717, 1.165) is 29.9 Å². The lowest BCUT2D eigenvalue weighted by molar-refractivity contribution is 0.537. The molecule has 1 N–H and O–H groups in total. The van der Waals surface area contributed by atoms with Gasteiger partial charge in [0, 0.05) is 19.3 Å². The van der Waals surface area contributed by atoms with Crippen molar-refractivity contribution in [3.05, 3.63) is 30.2 Å². The molecule has 0 radical (unpaired) electrons. The van der Waals surface area contributed by atoms with Gasteiger partial charge in [0.1, 0.15) is 17.8 Å². The molecule has 1 fully saturated rings. The normalized spacial score (nSPS) is 22.9. The van der Waals surface area contributed by atoms with Crippen LogP contribution in [0.4, 0.5) is 5.82 Å². The molecular weight excluding hydrogens is 224 g/mol. The summed E-state index contributed by atoms with van der Waals surface area (Å²) in [5.41, 5.74) is 2.42. The summed E-state index contributed by atoms with van der Waals surface area (Å²) in [6.07, 6.45) is 7.00. The molecule has 0 bridgehead atoms. The Labute approximate surface area is 107 Å². The van der Waals surface area contributed by atoms with Crippen molar-refractivity contribution in [3.63, 3.8) is 0 Å². The number of nitrogens with zero attached hydrogens (tertiary/aromatic N) is 3. The van der Waals surface area contributed by atoms with Crippen molar-refractivity contribution in [1.29, 1.82) is 0 Å². The largest absolute Gasteiger partial charge is 0.352 e. The van der Waals surface area contributed by atoms with Gasteiger partial charge in [-0.1, -0.05) is 18.6 Å². The maximum atomic E-state index is 4.46. The highest BCUT2D eigenvalue weighted by Crippen LogP contribution is 2.29. The number of piperidine rings is 1. The Kier molecular flexibility index (Phi) is 2.78. The van der Waals surface area contributed by atoms with Crippen LogP contribution in [-0.2, 0) is 0 Å². The van der Waals surface area contributed by atoms with E-state index in [-0.39, 0.29) is 0 Å². The molecule has 3 heterocycles. The molecule has 2 aromatic heterocycles. The van der Waals surface area contributed by atoms with E-state index in [0.29, 0.717) is 5.92 Å². The number of aromatic amines is 1. The topological polar surface area (TPSA) is 44.8 Å². The predicted molar refractivity (Wildman–Crippen MR) is 73.6 cm³/mol. The molecule has 4 nitrogen and oxygen atoms in total. The van der Waals surface area contributed by atoms with Gasteiger partial charge in [-0.15, -0.1) is 0 Å². The lowest BCUT2D eigenvalue weighted by atomic mass is 9.93. The molecule has 1 aliphatic heterocycles. The van der Waals surface area contributed by atoms with Crippen LogP contribution >= 0.6 is 0 Å². The third kappa shape index (κ3) is 1.78. The number of hydrogen-bond acceptors (Lipinski definition) is 3. The molecule has 0 aliphatic carbocycles. The maximum absolute atomic E-state index is 4.46. The van der Waals surface area contributed by atoms with E-state index >= 15 is 0 Å². The highest BCUT2D eigenvalue weighted by atomic mass is 15.2. The van der Waals surface area contributed by atoms with E-state index < -0.39 is 0 Å². The highest BCUT2D eigenvalue weighted by molar-refractivity contribution is 5.87. The predicted octanol–water partition coefficient (Wildman–Crippen LogP) is 2.75. The second-order valence-corrected chi connectivity index (χ2v) is 4.91. The zero-order chi connectivity index (χ0) is 12.5. The first-order valence-electron chi connectivity index (χ1n) is 6.47. The Morgan fingerprint density at radius 2 is 2.33 bits per heavy atom. The van der Waals surface area contributed by atoms with Crippen molar-refractivity contribution >= 4 is 16.9 Å². The third-order valence-electron chi connectivity index (χ3n) is 3.84. The van der Waals surface area contributed by atoms with Gasteiger partial charge in [-0.2, -0.15) is 0 Å². The molecule has 94 valence electrons. The lowest BCUT2D eigenvalue weighted by Gasteiger charge is -2.33. The molecule has 0 saturated carbocycles. The van der Waals surface area contributed by atoms with Crippen LogP contribution in [0.3, 0.4) is 0 Å². The van der Waals surface area contributed by atoms with Crippen molar-refractivity contribution in [2.75, 3.05) is 18.0 Å². The van der Waals surface area contributed by atoms with Crippen LogP contribution in [-0.4, -0.2) is 28.0 Å². The van der Waals surface area contributed by atoms with Gasteiger partial charge >= 0.3 is 0 Å². The average molecular weight is 242 g/mol. The Bertz CT molecular complexity index is 584. The number of nitrogens with one attached hydrogen (secondary N) is 1. The summed E-state index contributed by atoms with van der Waals surface area (Å²) in [5, 5.41) is 1.11. The monoisotopic (exact) mass is 242 g/mol. The summed E-state index contributed by atoms with van der Waals surface area (Å²) in [6.45, 7) is 6.48. The molecule has 4 heteroatoms. The molecule has 1 aliphatic rings. The quantitative estimate of drug-likeness (QED) is 0.782. The SMILES string of the molecule is C/C=C1/CN(c2ncnc3[nH]ccc23)CCC1C. The minimum Gasteiger partial charge on any atom is -0.352 e. The van der Waals surface area contributed by atoms with Crippen LogP contribution in [0.5, 0.6) is 0 Å². The van der Waals surface area contributed by atoms with Crippen molar-refractivity contribution in [3.8, 4) is 0 Å². The molecule has 1 saturated heterocycles. The second-order valence-electron chi connectivity index (χ2n) is 4.91. The van der Waals surface area contributed by atoms with Crippen LogP contribution < -0.4 is 4.90 Å². The fourth-order valence-electron chi connectivity index (χ4n) is 2.66. The zero-order valence-electron chi connectivity index (χ0n) is 10.8. The van der Waals surface area contributed by atoms with Gasteiger partial charge in [-0.3, -0.25) is 0 Å². The van der Waals surface area contributed by atoms with Gasteiger partial charge in [0.25, 0.3) is 0 Å². The first-order chi connectivity index (χ1) is 8.79. The molecule has 3 rings (SSSR count). The first-order valence-corrected chi connectivity index (χ1v) is 6.47. The Morgan fingerprint density at radius 3 is 3.17 bits per heavy atom. The molecule has 0 spiro atoms.